The molecular formula is C8H13FN2. The first-order valence-electron chi connectivity index (χ1n) is 3.64. The third-order valence-electron chi connectivity index (χ3n) is 1.59. The summed E-state index contributed by atoms with van der Waals surface area (Å²) < 4.78 is 12.4. The first-order valence-corrected chi connectivity index (χ1v) is 3.64. The summed E-state index contributed by atoms with van der Waals surface area (Å²) in [6.07, 6.45) is 2.00. The highest BCUT2D eigenvalue weighted by Gasteiger charge is 2.18. The van der Waals surface area contributed by atoms with Gasteiger partial charge < -0.3 is 5.32 Å². The number of alkyl halides is 1. The Labute approximate surface area is 66.2 Å². The zero-order valence-electron chi connectivity index (χ0n) is 7.06. The summed E-state index contributed by atoms with van der Waals surface area (Å²) in [6.45, 7) is 6.18. The van der Waals surface area contributed by atoms with Gasteiger partial charge in [0.15, 0.2) is 0 Å². The quantitative estimate of drug-likeness (QED) is 0.532. The molecule has 0 bridgehead atoms. The Hall–Kier alpha value is -0.860. The molecule has 62 valence electrons. The van der Waals surface area contributed by atoms with E-state index in [1.54, 1.807) is 12.4 Å². The average molecular weight is 156 g/mol. The van der Waals surface area contributed by atoms with Crippen molar-refractivity contribution in [2.24, 2.45) is 10.4 Å². The Morgan fingerprint density at radius 1 is 1.55 bits per heavy atom. The van der Waals surface area contributed by atoms with Gasteiger partial charge in [-0.25, -0.2) is 4.99 Å². The van der Waals surface area contributed by atoms with Crippen LogP contribution in [0.4, 0.5) is 4.39 Å². The molecule has 1 atom stereocenters. The van der Waals surface area contributed by atoms with Crippen molar-refractivity contribution < 1.29 is 4.39 Å². The molecule has 1 N–H and O–H groups in total. The highest BCUT2D eigenvalue weighted by Crippen LogP contribution is 2.24. The summed E-state index contributed by atoms with van der Waals surface area (Å²) in [5.74, 6) is 0. The second kappa shape index (κ2) is 2.64. The number of halogens is 1. The smallest absolute Gasteiger partial charge is 0.264 e. The molecule has 0 fully saturated rings. The van der Waals surface area contributed by atoms with Gasteiger partial charge in [0, 0.05) is 12.4 Å². The largest absolute Gasteiger partial charge is 0.344 e. The number of rotatable bonds is 0. The van der Waals surface area contributed by atoms with Gasteiger partial charge in [0.05, 0.1) is 0 Å². The molecule has 0 aromatic heterocycles. The van der Waals surface area contributed by atoms with Gasteiger partial charge in [0.1, 0.15) is 0 Å². The van der Waals surface area contributed by atoms with Gasteiger partial charge in [-0.2, -0.15) is 4.39 Å². The van der Waals surface area contributed by atoms with Gasteiger partial charge in [-0.1, -0.05) is 20.8 Å². The van der Waals surface area contributed by atoms with E-state index in [2.05, 4.69) is 31.1 Å². The van der Waals surface area contributed by atoms with Crippen molar-refractivity contribution in [2.45, 2.75) is 27.2 Å². The van der Waals surface area contributed by atoms with E-state index >= 15 is 0 Å². The minimum absolute atomic E-state index is 0.0383. The number of hydrogen-bond acceptors (Lipinski definition) is 2. The molecule has 0 radical (unpaired) electrons. The van der Waals surface area contributed by atoms with Crippen LogP contribution >= 0.6 is 0 Å². The van der Waals surface area contributed by atoms with Gasteiger partial charge in [-0.05, 0) is 11.0 Å². The van der Waals surface area contributed by atoms with Crippen LogP contribution in [0.2, 0.25) is 0 Å². The number of nitrogens with one attached hydrogen (secondary N) is 1. The zero-order valence-corrected chi connectivity index (χ0v) is 7.06. The van der Waals surface area contributed by atoms with Gasteiger partial charge in [-0.15, -0.1) is 0 Å². The molecule has 1 aliphatic heterocycles. The third-order valence-corrected chi connectivity index (χ3v) is 1.59. The molecule has 1 unspecified atom stereocenters. The van der Waals surface area contributed by atoms with Crippen molar-refractivity contribution in [1.82, 2.24) is 5.32 Å². The van der Waals surface area contributed by atoms with E-state index in [1.165, 1.54) is 0 Å². The van der Waals surface area contributed by atoms with Crippen molar-refractivity contribution in [3.8, 4) is 0 Å². The van der Waals surface area contributed by atoms with E-state index in [4.69, 9.17) is 0 Å². The molecule has 0 spiro atoms. The molecule has 1 heterocycles. The molecule has 0 aromatic rings. The van der Waals surface area contributed by atoms with E-state index < -0.39 is 6.42 Å². The van der Waals surface area contributed by atoms with Gasteiger partial charge in [0.2, 0.25) is 0 Å². The van der Waals surface area contributed by atoms with E-state index in [9.17, 15) is 4.39 Å². The molecule has 0 saturated carbocycles. The lowest BCUT2D eigenvalue weighted by Crippen LogP contribution is -2.25. The number of allylic oxidation sites excluding steroid dienone is 1. The molecule has 2 nitrogen and oxygen atoms in total. The summed E-state index contributed by atoms with van der Waals surface area (Å²) in [5, 5.41) is 2.51. The molecule has 0 aromatic carbocycles. The number of nitrogens with zero attached hydrogens (tertiary/aromatic N) is 1. The van der Waals surface area contributed by atoms with Crippen LogP contribution in [0, 0.1) is 5.41 Å². The molecular weight excluding hydrogens is 143 g/mol. The first-order chi connectivity index (χ1) is 5.00. The first kappa shape index (κ1) is 8.24. The third kappa shape index (κ3) is 2.03. The van der Waals surface area contributed by atoms with Gasteiger partial charge >= 0.3 is 0 Å². The Balaban J connectivity index is 2.71. The summed E-state index contributed by atoms with van der Waals surface area (Å²) in [6, 6.07) is 0. The van der Waals surface area contributed by atoms with Gasteiger partial charge in [0.25, 0.3) is 6.42 Å². The number of hydrogen-bond donors (Lipinski definition) is 1. The fourth-order valence-corrected chi connectivity index (χ4v) is 0.795. The Kier molecular flexibility index (Phi) is 1.98. The molecule has 0 saturated heterocycles. The minimum atomic E-state index is -1.26. The van der Waals surface area contributed by atoms with Crippen molar-refractivity contribution in [3.63, 3.8) is 0 Å². The van der Waals surface area contributed by atoms with Crippen molar-refractivity contribution in [3.05, 3.63) is 11.8 Å². The molecule has 0 amide bonds. The Morgan fingerprint density at radius 3 is 2.55 bits per heavy atom. The van der Waals surface area contributed by atoms with Crippen LogP contribution in [0.15, 0.2) is 16.8 Å². The van der Waals surface area contributed by atoms with Crippen LogP contribution in [0.5, 0.6) is 0 Å². The van der Waals surface area contributed by atoms with E-state index in [0.717, 1.165) is 5.57 Å². The maximum atomic E-state index is 12.4. The fourth-order valence-electron chi connectivity index (χ4n) is 0.795. The predicted octanol–water partition coefficient (Wildman–Crippen LogP) is 1.84. The predicted molar refractivity (Wildman–Crippen MR) is 44.1 cm³/mol. The zero-order chi connectivity index (χ0) is 8.48. The summed E-state index contributed by atoms with van der Waals surface area (Å²) in [4.78, 5) is 3.61. The van der Waals surface area contributed by atoms with Crippen LogP contribution in [0.3, 0.4) is 0 Å². The SMILES string of the molecule is CC(C)(C)C1=CNC(F)N=C1. The van der Waals surface area contributed by atoms with E-state index in [1.807, 2.05) is 0 Å². The highest BCUT2D eigenvalue weighted by atomic mass is 19.1. The average Bonchev–Trinajstić information content (AvgIpc) is 1.86. The van der Waals surface area contributed by atoms with Crippen molar-refractivity contribution in [2.75, 3.05) is 0 Å². The van der Waals surface area contributed by atoms with Crippen LogP contribution in [0.1, 0.15) is 20.8 Å². The molecule has 11 heavy (non-hydrogen) atoms. The van der Waals surface area contributed by atoms with Gasteiger partial charge in [-0.3, -0.25) is 0 Å². The number of aliphatic imine (C=N–C) groups is 1. The maximum Gasteiger partial charge on any atom is 0.264 e. The highest BCUT2D eigenvalue weighted by molar-refractivity contribution is 5.80. The lowest BCUT2D eigenvalue weighted by molar-refractivity contribution is 0.309. The van der Waals surface area contributed by atoms with Crippen molar-refractivity contribution >= 4 is 6.21 Å². The second-order valence-corrected chi connectivity index (χ2v) is 3.63. The van der Waals surface area contributed by atoms with E-state index in [-0.39, 0.29) is 5.41 Å². The monoisotopic (exact) mass is 156 g/mol. The Bertz CT molecular complexity index is 201. The normalized spacial score (nSPS) is 24.4. The van der Waals surface area contributed by atoms with Crippen LogP contribution in [-0.2, 0) is 0 Å². The fraction of sp³-hybridized carbons (Fsp3) is 0.625. The van der Waals surface area contributed by atoms with E-state index in [0.29, 0.717) is 0 Å². The summed E-state index contributed by atoms with van der Waals surface area (Å²) in [7, 11) is 0. The van der Waals surface area contributed by atoms with Crippen LogP contribution in [-0.4, -0.2) is 12.6 Å². The lowest BCUT2D eigenvalue weighted by atomic mass is 9.87. The molecule has 3 heteroatoms. The lowest BCUT2D eigenvalue weighted by Gasteiger charge is -2.22. The second-order valence-electron chi connectivity index (χ2n) is 3.63. The van der Waals surface area contributed by atoms with Crippen LogP contribution < -0.4 is 5.32 Å². The molecule has 1 rings (SSSR count). The van der Waals surface area contributed by atoms with Crippen molar-refractivity contribution in [1.29, 1.82) is 0 Å². The summed E-state index contributed by atoms with van der Waals surface area (Å²) >= 11 is 0. The topological polar surface area (TPSA) is 24.4 Å². The minimum Gasteiger partial charge on any atom is -0.344 e. The maximum absolute atomic E-state index is 12.4. The summed E-state index contributed by atoms with van der Waals surface area (Å²) in [5.41, 5.74) is 1.06. The van der Waals surface area contributed by atoms with Crippen LogP contribution in [0.25, 0.3) is 0 Å². The standard InChI is InChI=1S/C8H13FN2/c1-8(2,3)6-4-10-7(9)11-5-6/h4-5,7,10H,1-3H3. The molecule has 1 aliphatic rings. The Morgan fingerprint density at radius 2 is 2.18 bits per heavy atom. The molecule has 0 aliphatic carbocycles.